The molecule has 0 saturated carbocycles. The maximum atomic E-state index is 2.46. The van der Waals surface area contributed by atoms with Crippen molar-refractivity contribution < 1.29 is 0 Å². The highest BCUT2D eigenvalue weighted by molar-refractivity contribution is 5.46. The molecule has 2 heteroatoms. The fourth-order valence-corrected chi connectivity index (χ4v) is 2.14. The maximum absolute atomic E-state index is 2.46. The fourth-order valence-electron chi connectivity index (χ4n) is 2.14. The Morgan fingerprint density at radius 2 is 1.69 bits per heavy atom. The zero-order valence-corrected chi connectivity index (χ0v) is 10.2. The zero-order chi connectivity index (χ0) is 11.4. The molecule has 86 valence electrons. The fraction of sp³-hybridized carbons (Fsp3) is 0.429. The molecule has 1 aliphatic heterocycles. The van der Waals surface area contributed by atoms with E-state index in [4.69, 9.17) is 0 Å². The van der Waals surface area contributed by atoms with Gasteiger partial charge in [0.15, 0.2) is 0 Å². The van der Waals surface area contributed by atoms with Crippen molar-refractivity contribution in [3.63, 3.8) is 0 Å². The van der Waals surface area contributed by atoms with Crippen LogP contribution in [0.25, 0.3) is 0 Å². The Morgan fingerprint density at radius 3 is 2.25 bits per heavy atom. The van der Waals surface area contributed by atoms with Gasteiger partial charge >= 0.3 is 0 Å². The number of nitrogens with zero attached hydrogens (tertiary/aromatic N) is 2. The molecule has 0 aliphatic carbocycles. The Kier molecular flexibility index (Phi) is 3.50. The van der Waals surface area contributed by atoms with Crippen LogP contribution in [-0.2, 0) is 0 Å². The summed E-state index contributed by atoms with van der Waals surface area (Å²) in [5, 5.41) is 0. The van der Waals surface area contributed by atoms with Crippen molar-refractivity contribution in [2.75, 3.05) is 31.1 Å². The first kappa shape index (κ1) is 11.1. The average molecular weight is 216 g/mol. The molecule has 1 fully saturated rings. The Morgan fingerprint density at radius 1 is 1.06 bits per heavy atom. The molecule has 16 heavy (non-hydrogen) atoms. The number of hydrogen-bond acceptors (Lipinski definition) is 2. The van der Waals surface area contributed by atoms with E-state index >= 15 is 0 Å². The van der Waals surface area contributed by atoms with Gasteiger partial charge in [0, 0.05) is 37.6 Å². The molecule has 1 saturated heterocycles. The molecule has 2 rings (SSSR count). The van der Waals surface area contributed by atoms with Gasteiger partial charge in [0.05, 0.1) is 0 Å². The maximum Gasteiger partial charge on any atom is 0.0367 e. The van der Waals surface area contributed by atoms with E-state index in [0.717, 1.165) is 26.2 Å². The summed E-state index contributed by atoms with van der Waals surface area (Å²) in [6.45, 7) is 8.80. The van der Waals surface area contributed by atoms with E-state index in [-0.39, 0.29) is 0 Å². The third kappa shape index (κ3) is 2.38. The summed E-state index contributed by atoms with van der Waals surface area (Å²) in [5.41, 5.74) is 2.74. The first-order valence-electron chi connectivity index (χ1n) is 5.99. The van der Waals surface area contributed by atoms with Crippen LogP contribution >= 0.6 is 0 Å². The summed E-state index contributed by atoms with van der Waals surface area (Å²) >= 11 is 0. The number of piperazine rings is 1. The second-order valence-electron chi connectivity index (χ2n) is 4.24. The predicted molar refractivity (Wildman–Crippen MR) is 69.7 cm³/mol. The van der Waals surface area contributed by atoms with Crippen molar-refractivity contribution in [1.29, 1.82) is 0 Å². The summed E-state index contributed by atoms with van der Waals surface area (Å²) < 4.78 is 0. The molecule has 1 aliphatic rings. The van der Waals surface area contributed by atoms with Gasteiger partial charge in [-0.1, -0.05) is 24.3 Å². The first-order valence-corrected chi connectivity index (χ1v) is 5.99. The van der Waals surface area contributed by atoms with Crippen LogP contribution in [0.4, 0.5) is 5.69 Å². The minimum absolute atomic E-state index is 1.12. The average Bonchev–Trinajstić information content (AvgIpc) is 2.39. The lowest BCUT2D eigenvalue weighted by Crippen LogP contribution is -2.45. The topological polar surface area (TPSA) is 6.48 Å². The Bertz CT molecular complexity index is 348. The molecule has 0 aromatic heterocycles. The van der Waals surface area contributed by atoms with Gasteiger partial charge in [-0.2, -0.15) is 0 Å². The quantitative estimate of drug-likeness (QED) is 0.750. The number of hydrogen-bond donors (Lipinski definition) is 0. The number of para-hydroxylation sites is 1. The van der Waals surface area contributed by atoms with Gasteiger partial charge in [-0.25, -0.2) is 0 Å². The zero-order valence-electron chi connectivity index (χ0n) is 10.2. The Balaban J connectivity index is 1.96. The third-order valence-corrected chi connectivity index (χ3v) is 3.32. The second kappa shape index (κ2) is 5.06. The molecular formula is C14H20N2. The molecule has 1 aromatic carbocycles. The van der Waals surface area contributed by atoms with Gasteiger partial charge in [-0.3, -0.25) is 0 Å². The molecule has 0 N–H and O–H groups in total. The van der Waals surface area contributed by atoms with Crippen molar-refractivity contribution >= 4 is 5.69 Å². The standard InChI is InChI=1S/C14H20N2/c1-3-13(2)15-9-11-16(12-10-15)14-7-5-4-6-8-14/h3-8H,9-12H2,1-2H3. The van der Waals surface area contributed by atoms with E-state index in [2.05, 4.69) is 60.1 Å². The molecule has 0 atom stereocenters. The summed E-state index contributed by atoms with van der Waals surface area (Å²) in [6.07, 6.45) is 2.19. The van der Waals surface area contributed by atoms with Crippen molar-refractivity contribution in [3.05, 3.63) is 42.1 Å². The van der Waals surface area contributed by atoms with E-state index in [0.29, 0.717) is 0 Å². The Labute approximate surface area is 98.2 Å². The van der Waals surface area contributed by atoms with Gasteiger partial charge in [0.1, 0.15) is 0 Å². The molecule has 2 nitrogen and oxygen atoms in total. The second-order valence-corrected chi connectivity index (χ2v) is 4.24. The number of rotatable bonds is 2. The van der Waals surface area contributed by atoms with Gasteiger partial charge in [-0.05, 0) is 26.0 Å². The highest BCUT2D eigenvalue weighted by atomic mass is 15.3. The predicted octanol–water partition coefficient (Wildman–Crippen LogP) is 2.73. The molecule has 0 radical (unpaired) electrons. The monoisotopic (exact) mass is 216 g/mol. The van der Waals surface area contributed by atoms with Gasteiger partial charge in [-0.15, -0.1) is 0 Å². The van der Waals surface area contributed by atoms with Crippen molar-refractivity contribution in [2.24, 2.45) is 0 Å². The normalized spacial score (nSPS) is 17.8. The van der Waals surface area contributed by atoms with Crippen LogP contribution in [0.5, 0.6) is 0 Å². The lowest BCUT2D eigenvalue weighted by atomic mass is 10.2. The van der Waals surface area contributed by atoms with Crippen LogP contribution in [0.1, 0.15) is 13.8 Å². The van der Waals surface area contributed by atoms with E-state index in [1.165, 1.54) is 11.4 Å². The minimum Gasteiger partial charge on any atom is -0.372 e. The van der Waals surface area contributed by atoms with Crippen molar-refractivity contribution in [2.45, 2.75) is 13.8 Å². The highest BCUT2D eigenvalue weighted by Crippen LogP contribution is 2.17. The summed E-state index contributed by atoms with van der Waals surface area (Å²) in [6, 6.07) is 10.7. The summed E-state index contributed by atoms with van der Waals surface area (Å²) in [7, 11) is 0. The van der Waals surface area contributed by atoms with E-state index < -0.39 is 0 Å². The molecule has 0 spiro atoms. The Hall–Kier alpha value is -1.44. The minimum atomic E-state index is 1.12. The van der Waals surface area contributed by atoms with Crippen LogP contribution in [0.3, 0.4) is 0 Å². The van der Waals surface area contributed by atoms with E-state index in [1.54, 1.807) is 0 Å². The van der Waals surface area contributed by atoms with Crippen molar-refractivity contribution in [3.8, 4) is 0 Å². The van der Waals surface area contributed by atoms with Gasteiger partial charge < -0.3 is 9.80 Å². The lowest BCUT2D eigenvalue weighted by molar-refractivity contribution is 0.321. The number of anilines is 1. The van der Waals surface area contributed by atoms with Gasteiger partial charge in [0.25, 0.3) is 0 Å². The number of benzene rings is 1. The van der Waals surface area contributed by atoms with E-state index in [1.807, 2.05) is 0 Å². The summed E-state index contributed by atoms with van der Waals surface area (Å²) in [4.78, 5) is 4.92. The smallest absolute Gasteiger partial charge is 0.0367 e. The van der Waals surface area contributed by atoms with Crippen LogP contribution in [-0.4, -0.2) is 31.1 Å². The lowest BCUT2D eigenvalue weighted by Gasteiger charge is -2.37. The van der Waals surface area contributed by atoms with Crippen LogP contribution in [0.2, 0.25) is 0 Å². The van der Waals surface area contributed by atoms with Crippen molar-refractivity contribution in [1.82, 2.24) is 4.90 Å². The van der Waals surface area contributed by atoms with Crippen LogP contribution in [0.15, 0.2) is 42.1 Å². The molecule has 1 heterocycles. The van der Waals surface area contributed by atoms with E-state index in [9.17, 15) is 0 Å². The van der Waals surface area contributed by atoms with Crippen LogP contribution < -0.4 is 4.90 Å². The van der Waals surface area contributed by atoms with Crippen LogP contribution in [0, 0.1) is 0 Å². The highest BCUT2D eigenvalue weighted by Gasteiger charge is 2.16. The first-order chi connectivity index (χ1) is 7.81. The third-order valence-electron chi connectivity index (χ3n) is 3.32. The molecule has 0 unspecified atom stereocenters. The molecular weight excluding hydrogens is 196 g/mol. The SMILES string of the molecule is CC=C(C)N1CCN(c2ccccc2)CC1. The largest absolute Gasteiger partial charge is 0.372 e. The molecule has 0 amide bonds. The van der Waals surface area contributed by atoms with Gasteiger partial charge in [0.2, 0.25) is 0 Å². The summed E-state index contributed by atoms with van der Waals surface area (Å²) in [5.74, 6) is 0. The molecule has 1 aromatic rings. The molecule has 0 bridgehead atoms. The number of allylic oxidation sites excluding steroid dienone is 2.